The van der Waals surface area contributed by atoms with Crippen molar-refractivity contribution in [1.82, 2.24) is 34.5 Å². The molecule has 0 bridgehead atoms. The summed E-state index contributed by atoms with van der Waals surface area (Å²) < 4.78 is 31.1. The molecule has 0 aliphatic rings. The zero-order valence-corrected chi connectivity index (χ0v) is 38.2. The van der Waals surface area contributed by atoms with E-state index in [1.54, 1.807) is 102 Å². The number of fused-ring (bicyclic) bond motifs is 4. The van der Waals surface area contributed by atoms with E-state index in [-0.39, 0.29) is 13.2 Å². The first kappa shape index (κ1) is 44.2. The lowest BCUT2D eigenvalue weighted by Crippen LogP contribution is -2.27. The molecule has 9 rings (SSSR count). The number of thiazole rings is 2. The molecule has 2 aromatic carbocycles. The van der Waals surface area contributed by atoms with Gasteiger partial charge in [-0.25, -0.2) is 39.3 Å². The molecule has 7 aromatic heterocycles. The summed E-state index contributed by atoms with van der Waals surface area (Å²) in [5.74, 6) is 0.299. The third-order valence-electron chi connectivity index (χ3n) is 9.98. The molecule has 65 heavy (non-hydrogen) atoms. The Balaban J connectivity index is 0.000000197. The number of methoxy groups -OCH3 is 2. The second kappa shape index (κ2) is 18.7. The summed E-state index contributed by atoms with van der Waals surface area (Å²) in [5, 5.41) is 4.43. The maximum absolute atomic E-state index is 13.6. The molecule has 16 nitrogen and oxygen atoms in total. The second-order valence-electron chi connectivity index (χ2n) is 15.3. The Morgan fingerprint density at radius 1 is 0.723 bits per heavy atom. The van der Waals surface area contributed by atoms with Gasteiger partial charge in [0.1, 0.15) is 22.8 Å². The number of pyridine rings is 3. The van der Waals surface area contributed by atoms with Crippen molar-refractivity contribution in [2.45, 2.75) is 46.8 Å². The van der Waals surface area contributed by atoms with Crippen LogP contribution in [0.3, 0.4) is 0 Å². The number of ether oxygens (including phenoxy) is 5. The molecule has 332 valence electrons. The number of benzene rings is 2. The van der Waals surface area contributed by atoms with Gasteiger partial charge in [0.2, 0.25) is 11.8 Å². The van der Waals surface area contributed by atoms with E-state index in [4.69, 9.17) is 23.7 Å². The highest BCUT2D eigenvalue weighted by molar-refractivity contribution is 7.17. The van der Waals surface area contributed by atoms with E-state index in [1.165, 1.54) is 11.3 Å². The SMILES string of the molecule is CCOC(=O)c1[nH]c2cc3ncsc3cc2c1-c1cccnc1OC.CCOC(=O)c1c(-c2cccnc2OC)c2cc3scnc3cc2n1Cc1ccnc(NC(=O)OC(C)(C)C)c1. The quantitative estimate of drug-likeness (QED) is 0.0920. The molecule has 0 saturated carbocycles. The molecule has 0 radical (unpaired) electrons. The van der Waals surface area contributed by atoms with Gasteiger partial charge in [0, 0.05) is 63.7 Å². The third kappa shape index (κ3) is 9.16. The number of H-pyrrole nitrogens is 1. The van der Waals surface area contributed by atoms with Crippen molar-refractivity contribution < 1.29 is 38.1 Å². The lowest BCUT2D eigenvalue weighted by molar-refractivity contribution is 0.0508. The molecular formula is C47H44N8O8S2. The van der Waals surface area contributed by atoms with Gasteiger partial charge in [-0.3, -0.25) is 5.32 Å². The van der Waals surface area contributed by atoms with Crippen LogP contribution in [0, 0.1) is 0 Å². The maximum Gasteiger partial charge on any atom is 0.413 e. The van der Waals surface area contributed by atoms with E-state index in [2.05, 4.69) is 35.2 Å². The number of carbonyl (C=O) groups is 3. The number of amides is 1. The number of carbonyl (C=O) groups excluding carboxylic acids is 3. The van der Waals surface area contributed by atoms with E-state index in [0.717, 1.165) is 58.9 Å². The van der Waals surface area contributed by atoms with Gasteiger partial charge >= 0.3 is 18.0 Å². The van der Waals surface area contributed by atoms with E-state index in [0.29, 0.717) is 46.7 Å². The highest BCUT2D eigenvalue weighted by Gasteiger charge is 2.29. The normalized spacial score (nSPS) is 11.4. The van der Waals surface area contributed by atoms with E-state index < -0.39 is 23.6 Å². The molecular weight excluding hydrogens is 869 g/mol. The summed E-state index contributed by atoms with van der Waals surface area (Å²) in [5.41, 5.74) is 10.6. The predicted molar refractivity (Wildman–Crippen MR) is 251 cm³/mol. The molecule has 0 spiro atoms. The zero-order chi connectivity index (χ0) is 45.8. The van der Waals surface area contributed by atoms with Crippen LogP contribution >= 0.6 is 22.7 Å². The molecule has 0 unspecified atom stereocenters. The summed E-state index contributed by atoms with van der Waals surface area (Å²) in [6, 6.07) is 18.9. The van der Waals surface area contributed by atoms with E-state index in [1.807, 2.05) is 53.1 Å². The summed E-state index contributed by atoms with van der Waals surface area (Å²) in [6.07, 6.45) is 4.29. The molecule has 0 atom stereocenters. The Morgan fingerprint density at radius 3 is 1.97 bits per heavy atom. The molecule has 2 N–H and O–H groups in total. The van der Waals surface area contributed by atoms with Gasteiger partial charge in [-0.15, -0.1) is 22.7 Å². The number of hydrogen-bond donors (Lipinski definition) is 2. The lowest BCUT2D eigenvalue weighted by Gasteiger charge is -2.19. The van der Waals surface area contributed by atoms with Crippen molar-refractivity contribution in [3.05, 3.63) is 107 Å². The summed E-state index contributed by atoms with van der Waals surface area (Å²) in [4.78, 5) is 63.4. The summed E-state index contributed by atoms with van der Waals surface area (Å²) in [7, 11) is 3.11. The van der Waals surface area contributed by atoms with Gasteiger partial charge in [-0.2, -0.15) is 0 Å². The van der Waals surface area contributed by atoms with Crippen LogP contribution in [0.25, 0.3) is 64.5 Å². The number of nitrogens with one attached hydrogen (secondary N) is 2. The van der Waals surface area contributed by atoms with Crippen LogP contribution in [0.2, 0.25) is 0 Å². The average molecular weight is 913 g/mol. The van der Waals surface area contributed by atoms with Crippen LogP contribution < -0.4 is 14.8 Å². The average Bonchev–Trinajstić information content (AvgIpc) is 4.09. The van der Waals surface area contributed by atoms with Crippen molar-refractivity contribution >= 4 is 88.8 Å². The smallest absolute Gasteiger partial charge is 0.413 e. The Hall–Kier alpha value is -7.44. The Morgan fingerprint density at radius 2 is 1.34 bits per heavy atom. The number of rotatable bonds is 11. The van der Waals surface area contributed by atoms with E-state index in [9.17, 15) is 14.4 Å². The minimum absolute atomic E-state index is 0.208. The number of nitrogens with zero attached hydrogens (tertiary/aromatic N) is 6. The Bertz CT molecular complexity index is 3220. The summed E-state index contributed by atoms with van der Waals surface area (Å²) >= 11 is 3.08. The first-order valence-corrected chi connectivity index (χ1v) is 22.2. The van der Waals surface area contributed by atoms with Crippen LogP contribution in [0.15, 0.2) is 90.3 Å². The highest BCUT2D eigenvalue weighted by atomic mass is 32.1. The number of esters is 2. The largest absolute Gasteiger partial charge is 0.481 e. The third-order valence-corrected chi connectivity index (χ3v) is 11.6. The molecule has 0 saturated heterocycles. The maximum atomic E-state index is 13.6. The van der Waals surface area contributed by atoms with Gasteiger partial charge in [0.25, 0.3) is 0 Å². The highest BCUT2D eigenvalue weighted by Crippen LogP contribution is 2.42. The minimum Gasteiger partial charge on any atom is -0.481 e. The van der Waals surface area contributed by atoms with Crippen molar-refractivity contribution in [2.75, 3.05) is 32.8 Å². The molecule has 1 amide bonds. The van der Waals surface area contributed by atoms with Gasteiger partial charge in [0.15, 0.2) is 0 Å². The van der Waals surface area contributed by atoms with Crippen molar-refractivity contribution in [1.29, 1.82) is 0 Å². The standard InChI is InChI=1S/C29H29N5O5S.C18H15N3O3S/c1-6-38-27(35)25-24(18-8-7-10-31-26(18)37-5)19-13-22-20(32-16-40-22)14-21(19)34(25)15-17-9-11-30-23(12-17)33-28(36)39-29(2,3)4;1-3-24-18(22)16-15(10-5-4-6-19-17(10)23-2)11-7-14-13(20-9-25-14)8-12(11)21-16/h7-14,16H,6,15H2,1-5H3,(H,30,33,36);4-9,21H,3H2,1-2H3. The molecule has 0 fully saturated rings. The summed E-state index contributed by atoms with van der Waals surface area (Å²) in [6.45, 7) is 9.72. The van der Waals surface area contributed by atoms with Gasteiger partial charge < -0.3 is 33.2 Å². The predicted octanol–water partition coefficient (Wildman–Crippen LogP) is 10.3. The fourth-order valence-corrected chi connectivity index (χ4v) is 8.84. The van der Waals surface area contributed by atoms with Crippen molar-refractivity contribution in [3.8, 4) is 34.0 Å². The first-order valence-electron chi connectivity index (χ1n) is 20.5. The van der Waals surface area contributed by atoms with Crippen LogP contribution in [-0.2, 0) is 20.8 Å². The van der Waals surface area contributed by atoms with Crippen LogP contribution in [0.1, 0.15) is 61.2 Å². The monoisotopic (exact) mass is 912 g/mol. The van der Waals surface area contributed by atoms with Crippen LogP contribution in [-0.4, -0.2) is 85.5 Å². The van der Waals surface area contributed by atoms with Gasteiger partial charge in [0.05, 0.1) is 64.4 Å². The zero-order valence-electron chi connectivity index (χ0n) is 36.5. The van der Waals surface area contributed by atoms with Gasteiger partial charge in [-0.05, 0) is 101 Å². The number of aromatic nitrogens is 7. The van der Waals surface area contributed by atoms with Crippen LogP contribution in [0.4, 0.5) is 10.6 Å². The topological polar surface area (TPSA) is 195 Å². The van der Waals surface area contributed by atoms with Gasteiger partial charge in [-0.1, -0.05) is 0 Å². The molecule has 7 heterocycles. The number of hydrogen-bond acceptors (Lipinski definition) is 15. The first-order chi connectivity index (χ1) is 31.4. The molecule has 0 aliphatic carbocycles. The van der Waals surface area contributed by atoms with Crippen LogP contribution in [0.5, 0.6) is 11.8 Å². The van der Waals surface area contributed by atoms with Crippen molar-refractivity contribution in [3.63, 3.8) is 0 Å². The number of anilines is 1. The van der Waals surface area contributed by atoms with Crippen molar-refractivity contribution in [2.24, 2.45) is 0 Å². The Kier molecular flexibility index (Phi) is 12.7. The molecule has 0 aliphatic heterocycles. The number of aromatic amines is 1. The van der Waals surface area contributed by atoms with E-state index >= 15 is 0 Å². The minimum atomic E-state index is -0.648. The molecule has 18 heteroatoms. The fraction of sp³-hybridized carbons (Fsp3) is 0.234. The lowest BCUT2D eigenvalue weighted by atomic mass is 10.0. The Labute approximate surface area is 380 Å². The fourth-order valence-electron chi connectivity index (χ4n) is 7.45. The molecule has 9 aromatic rings. The second-order valence-corrected chi connectivity index (χ2v) is 17.1.